The van der Waals surface area contributed by atoms with Crippen LogP contribution >= 0.6 is 0 Å². The standard InChI is InChI=1S/C6H12O4/c1-3-4(7)5(8)6(9)10-2/h4-5,7-8H,3H2,1-2H3. The maximum absolute atomic E-state index is 10.5. The number of rotatable bonds is 3. The molecule has 0 amide bonds. The number of carbonyl (C=O) groups excluding carboxylic acids is 1. The summed E-state index contributed by atoms with van der Waals surface area (Å²) >= 11 is 0. The molecule has 0 saturated carbocycles. The first-order valence-corrected chi connectivity index (χ1v) is 3.07. The van der Waals surface area contributed by atoms with Gasteiger partial charge >= 0.3 is 5.97 Å². The third-order valence-corrected chi connectivity index (χ3v) is 1.23. The summed E-state index contributed by atoms with van der Waals surface area (Å²) in [5, 5.41) is 17.7. The van der Waals surface area contributed by atoms with Gasteiger partial charge in [-0.15, -0.1) is 0 Å². The first-order chi connectivity index (χ1) is 4.63. The summed E-state index contributed by atoms with van der Waals surface area (Å²) in [5.74, 6) is -0.797. The van der Waals surface area contributed by atoms with Crippen LogP contribution in [0.2, 0.25) is 0 Å². The minimum atomic E-state index is -1.41. The predicted molar refractivity (Wildman–Crippen MR) is 34.3 cm³/mol. The van der Waals surface area contributed by atoms with Crippen LogP contribution in [0.4, 0.5) is 0 Å². The van der Waals surface area contributed by atoms with E-state index in [9.17, 15) is 4.79 Å². The average Bonchev–Trinajstić information content (AvgIpc) is 2.00. The van der Waals surface area contributed by atoms with Crippen LogP contribution in [0.5, 0.6) is 0 Å². The van der Waals surface area contributed by atoms with Gasteiger partial charge in [0.2, 0.25) is 0 Å². The van der Waals surface area contributed by atoms with Crippen LogP contribution in [0.15, 0.2) is 0 Å². The van der Waals surface area contributed by atoms with Crippen molar-refractivity contribution in [3.8, 4) is 0 Å². The number of carbonyl (C=O) groups is 1. The Morgan fingerprint density at radius 3 is 2.40 bits per heavy atom. The number of ether oxygens (including phenoxy) is 1. The lowest BCUT2D eigenvalue weighted by Crippen LogP contribution is -2.34. The molecule has 0 aliphatic rings. The summed E-state index contributed by atoms with van der Waals surface area (Å²) in [4.78, 5) is 10.5. The van der Waals surface area contributed by atoms with Crippen molar-refractivity contribution < 1.29 is 19.7 Å². The Hall–Kier alpha value is -0.610. The minimum absolute atomic E-state index is 0.330. The molecule has 0 aromatic heterocycles. The molecule has 4 heteroatoms. The van der Waals surface area contributed by atoms with Gasteiger partial charge in [-0.2, -0.15) is 0 Å². The van der Waals surface area contributed by atoms with Crippen LogP contribution in [0.3, 0.4) is 0 Å². The highest BCUT2D eigenvalue weighted by Gasteiger charge is 2.22. The zero-order valence-corrected chi connectivity index (χ0v) is 6.07. The Balaban J connectivity index is 3.81. The number of hydrogen-bond acceptors (Lipinski definition) is 4. The molecule has 2 atom stereocenters. The Labute approximate surface area is 59.4 Å². The number of hydrogen-bond donors (Lipinski definition) is 2. The van der Waals surface area contributed by atoms with Gasteiger partial charge in [-0.05, 0) is 6.42 Å². The summed E-state index contributed by atoms with van der Waals surface area (Å²) < 4.78 is 4.19. The normalized spacial score (nSPS) is 16.0. The van der Waals surface area contributed by atoms with Crippen molar-refractivity contribution in [1.29, 1.82) is 0 Å². The van der Waals surface area contributed by atoms with E-state index in [1.807, 2.05) is 0 Å². The summed E-state index contributed by atoms with van der Waals surface area (Å²) in [6.07, 6.45) is -2.10. The molecule has 0 bridgehead atoms. The fourth-order valence-electron chi connectivity index (χ4n) is 0.501. The van der Waals surface area contributed by atoms with Crippen molar-refractivity contribution in [3.63, 3.8) is 0 Å². The molecule has 0 spiro atoms. The predicted octanol–water partition coefficient (Wildman–Crippen LogP) is -0.709. The smallest absolute Gasteiger partial charge is 0.337 e. The van der Waals surface area contributed by atoms with Crippen molar-refractivity contribution in [2.24, 2.45) is 0 Å². The van der Waals surface area contributed by atoms with Gasteiger partial charge in [-0.3, -0.25) is 0 Å². The van der Waals surface area contributed by atoms with E-state index in [-0.39, 0.29) is 0 Å². The Morgan fingerprint density at radius 1 is 1.60 bits per heavy atom. The summed E-state index contributed by atoms with van der Waals surface area (Å²) in [5.41, 5.74) is 0. The molecule has 0 aromatic carbocycles. The van der Waals surface area contributed by atoms with Crippen molar-refractivity contribution in [2.75, 3.05) is 7.11 Å². The van der Waals surface area contributed by atoms with Gasteiger partial charge in [-0.1, -0.05) is 6.92 Å². The SMILES string of the molecule is CCC(O)C(O)C(=O)OC. The van der Waals surface area contributed by atoms with Crippen LogP contribution in [-0.4, -0.2) is 35.5 Å². The fourth-order valence-corrected chi connectivity index (χ4v) is 0.501. The zero-order chi connectivity index (χ0) is 8.15. The Morgan fingerprint density at radius 2 is 2.10 bits per heavy atom. The van der Waals surface area contributed by atoms with Gasteiger partial charge in [0.1, 0.15) is 0 Å². The van der Waals surface area contributed by atoms with E-state index in [1.54, 1.807) is 6.92 Å². The second kappa shape index (κ2) is 4.24. The molecule has 0 aliphatic heterocycles. The van der Waals surface area contributed by atoms with Crippen molar-refractivity contribution >= 4 is 5.97 Å². The van der Waals surface area contributed by atoms with Gasteiger partial charge in [0.05, 0.1) is 13.2 Å². The monoisotopic (exact) mass is 148 g/mol. The molecule has 0 aliphatic carbocycles. The third kappa shape index (κ3) is 2.33. The maximum atomic E-state index is 10.5. The topological polar surface area (TPSA) is 66.8 Å². The molecular formula is C6H12O4. The van der Waals surface area contributed by atoms with Gasteiger partial charge in [0.15, 0.2) is 6.10 Å². The van der Waals surface area contributed by atoms with Crippen LogP contribution in [-0.2, 0) is 9.53 Å². The van der Waals surface area contributed by atoms with Crippen molar-refractivity contribution in [1.82, 2.24) is 0 Å². The molecule has 60 valence electrons. The molecule has 0 radical (unpaired) electrons. The van der Waals surface area contributed by atoms with Gasteiger partial charge in [0.25, 0.3) is 0 Å². The minimum Gasteiger partial charge on any atom is -0.467 e. The molecule has 10 heavy (non-hydrogen) atoms. The van der Waals surface area contributed by atoms with Crippen LogP contribution in [0.25, 0.3) is 0 Å². The van der Waals surface area contributed by atoms with E-state index in [0.717, 1.165) is 7.11 Å². The maximum Gasteiger partial charge on any atom is 0.337 e. The summed E-state index contributed by atoms with van der Waals surface area (Å²) in [6, 6.07) is 0. The second-order valence-electron chi connectivity index (χ2n) is 1.94. The number of aliphatic hydroxyl groups excluding tert-OH is 2. The largest absolute Gasteiger partial charge is 0.467 e. The van der Waals surface area contributed by atoms with Gasteiger partial charge < -0.3 is 14.9 Å². The molecule has 0 fully saturated rings. The van der Waals surface area contributed by atoms with Crippen LogP contribution in [0.1, 0.15) is 13.3 Å². The number of methoxy groups -OCH3 is 1. The van der Waals surface area contributed by atoms with E-state index >= 15 is 0 Å². The Bertz CT molecular complexity index is 112. The van der Waals surface area contributed by atoms with Crippen molar-refractivity contribution in [2.45, 2.75) is 25.6 Å². The first-order valence-electron chi connectivity index (χ1n) is 3.07. The van der Waals surface area contributed by atoms with Crippen LogP contribution < -0.4 is 0 Å². The van der Waals surface area contributed by atoms with Crippen LogP contribution in [0, 0.1) is 0 Å². The summed E-state index contributed by atoms with van der Waals surface area (Å²) in [6.45, 7) is 1.66. The number of esters is 1. The lowest BCUT2D eigenvalue weighted by atomic mass is 10.1. The van der Waals surface area contributed by atoms with Crippen molar-refractivity contribution in [3.05, 3.63) is 0 Å². The lowest BCUT2D eigenvalue weighted by molar-refractivity contribution is -0.156. The van der Waals surface area contributed by atoms with E-state index in [2.05, 4.69) is 4.74 Å². The highest BCUT2D eigenvalue weighted by atomic mass is 16.5. The zero-order valence-electron chi connectivity index (χ0n) is 6.07. The second-order valence-corrected chi connectivity index (χ2v) is 1.94. The van der Waals surface area contributed by atoms with Gasteiger partial charge in [0, 0.05) is 0 Å². The fraction of sp³-hybridized carbons (Fsp3) is 0.833. The van der Waals surface area contributed by atoms with E-state index < -0.39 is 18.2 Å². The number of aliphatic hydroxyl groups is 2. The van der Waals surface area contributed by atoms with Gasteiger partial charge in [-0.25, -0.2) is 4.79 Å². The van der Waals surface area contributed by atoms with E-state index in [0.29, 0.717) is 6.42 Å². The molecule has 2 unspecified atom stereocenters. The lowest BCUT2D eigenvalue weighted by Gasteiger charge is -2.12. The molecule has 2 N–H and O–H groups in total. The molecule has 4 nitrogen and oxygen atoms in total. The molecule has 0 heterocycles. The Kier molecular flexibility index (Phi) is 3.99. The van der Waals surface area contributed by atoms with E-state index in [1.165, 1.54) is 0 Å². The molecule has 0 saturated heterocycles. The molecular weight excluding hydrogens is 136 g/mol. The highest BCUT2D eigenvalue weighted by Crippen LogP contribution is 1.99. The summed E-state index contributed by atoms with van der Waals surface area (Å²) in [7, 11) is 1.16. The quantitative estimate of drug-likeness (QED) is 0.519. The molecule has 0 rings (SSSR count). The average molecular weight is 148 g/mol. The highest BCUT2D eigenvalue weighted by molar-refractivity contribution is 5.74. The van der Waals surface area contributed by atoms with E-state index in [4.69, 9.17) is 10.2 Å². The molecule has 0 aromatic rings. The third-order valence-electron chi connectivity index (χ3n) is 1.23. The first kappa shape index (κ1) is 9.39.